The molecule has 0 radical (unpaired) electrons. The molecule has 4 heteroatoms. The van der Waals surface area contributed by atoms with Crippen molar-refractivity contribution in [1.82, 2.24) is 5.32 Å². The van der Waals surface area contributed by atoms with E-state index < -0.39 is 6.09 Å². The molecule has 0 heterocycles. The largest absolute Gasteiger partial charge is 0.450 e. The second-order valence-electron chi connectivity index (χ2n) is 1.36. The molecule has 0 aromatic carbocycles. The van der Waals surface area contributed by atoms with Crippen molar-refractivity contribution in [3.8, 4) is 0 Å². The van der Waals surface area contributed by atoms with Gasteiger partial charge in [0.15, 0.2) is 0 Å². The summed E-state index contributed by atoms with van der Waals surface area (Å²) in [6.45, 7) is 2.02. The van der Waals surface area contributed by atoms with Crippen LogP contribution in [0.1, 0.15) is 6.92 Å². The number of carbonyl (C=O) groups is 2. The van der Waals surface area contributed by atoms with Crippen LogP contribution in [0.4, 0.5) is 4.79 Å². The Labute approximate surface area is 58.9 Å². The van der Waals surface area contributed by atoms with Crippen LogP contribution in [0.15, 0.2) is 12.3 Å². The van der Waals surface area contributed by atoms with E-state index in [2.05, 4.69) is 10.1 Å². The van der Waals surface area contributed by atoms with Crippen molar-refractivity contribution < 1.29 is 14.3 Å². The monoisotopic (exact) mass is 143 g/mol. The topological polar surface area (TPSA) is 55.4 Å². The van der Waals surface area contributed by atoms with E-state index in [0.717, 1.165) is 6.08 Å². The Hall–Kier alpha value is -1.32. The number of aldehydes is 1. The van der Waals surface area contributed by atoms with Crippen LogP contribution in [0, 0.1) is 0 Å². The van der Waals surface area contributed by atoms with Crippen LogP contribution in [0.2, 0.25) is 0 Å². The summed E-state index contributed by atoms with van der Waals surface area (Å²) in [6, 6.07) is 0. The van der Waals surface area contributed by atoms with Gasteiger partial charge in [-0.25, -0.2) is 4.79 Å². The van der Waals surface area contributed by atoms with Crippen LogP contribution < -0.4 is 5.32 Å². The molecule has 0 spiro atoms. The number of amides is 1. The Morgan fingerprint density at radius 1 is 1.70 bits per heavy atom. The maximum Gasteiger partial charge on any atom is 0.411 e. The van der Waals surface area contributed by atoms with Crippen molar-refractivity contribution in [2.45, 2.75) is 6.92 Å². The van der Waals surface area contributed by atoms with Gasteiger partial charge in [0.1, 0.15) is 6.29 Å². The number of alkyl carbamates (subject to hydrolysis) is 1. The molecule has 0 fully saturated rings. The number of carbonyl (C=O) groups excluding carboxylic acids is 2. The van der Waals surface area contributed by atoms with E-state index in [1.54, 1.807) is 6.92 Å². The molecule has 1 amide bonds. The van der Waals surface area contributed by atoms with Crippen LogP contribution in [-0.4, -0.2) is 19.0 Å². The van der Waals surface area contributed by atoms with Gasteiger partial charge in [0.2, 0.25) is 0 Å². The Morgan fingerprint density at radius 3 is 2.90 bits per heavy atom. The average molecular weight is 143 g/mol. The van der Waals surface area contributed by atoms with Gasteiger partial charge in [-0.15, -0.1) is 0 Å². The molecule has 0 aromatic rings. The summed E-state index contributed by atoms with van der Waals surface area (Å²) in [5.41, 5.74) is 0. The first-order chi connectivity index (χ1) is 4.81. The summed E-state index contributed by atoms with van der Waals surface area (Å²) in [5, 5.41) is 2.21. The van der Waals surface area contributed by atoms with Gasteiger partial charge in [-0.1, -0.05) is 0 Å². The van der Waals surface area contributed by atoms with Gasteiger partial charge >= 0.3 is 6.09 Å². The molecule has 4 nitrogen and oxygen atoms in total. The van der Waals surface area contributed by atoms with E-state index in [1.807, 2.05) is 0 Å². The van der Waals surface area contributed by atoms with E-state index in [9.17, 15) is 9.59 Å². The first-order valence-corrected chi connectivity index (χ1v) is 2.85. The third-order valence-corrected chi connectivity index (χ3v) is 0.651. The molecule has 0 atom stereocenters. The van der Waals surface area contributed by atoms with Gasteiger partial charge in [-0.3, -0.25) is 10.1 Å². The van der Waals surface area contributed by atoms with Crippen LogP contribution in [0.3, 0.4) is 0 Å². The average Bonchev–Trinajstić information content (AvgIpc) is 1.89. The fourth-order valence-electron chi connectivity index (χ4n) is 0.328. The second-order valence-corrected chi connectivity index (χ2v) is 1.36. The third-order valence-electron chi connectivity index (χ3n) is 0.651. The van der Waals surface area contributed by atoms with Gasteiger partial charge in [0, 0.05) is 6.20 Å². The predicted molar refractivity (Wildman–Crippen MR) is 35.4 cm³/mol. The lowest BCUT2D eigenvalue weighted by Crippen LogP contribution is -2.17. The Kier molecular flexibility index (Phi) is 5.04. The van der Waals surface area contributed by atoms with Gasteiger partial charge in [-0.05, 0) is 13.0 Å². The molecule has 0 aliphatic carbocycles. The molecule has 0 rings (SSSR count). The molecule has 56 valence electrons. The molecule has 0 aromatic heterocycles. The van der Waals surface area contributed by atoms with Gasteiger partial charge < -0.3 is 4.74 Å². The highest BCUT2D eigenvalue weighted by atomic mass is 16.5. The van der Waals surface area contributed by atoms with E-state index in [1.165, 1.54) is 6.20 Å². The summed E-state index contributed by atoms with van der Waals surface area (Å²) in [5.74, 6) is 0. The molecule has 0 aliphatic heterocycles. The minimum absolute atomic E-state index is 0.320. The van der Waals surface area contributed by atoms with Crippen molar-refractivity contribution in [2.75, 3.05) is 6.61 Å². The number of hydrogen-bond acceptors (Lipinski definition) is 3. The first-order valence-electron chi connectivity index (χ1n) is 2.85. The lowest BCUT2D eigenvalue weighted by molar-refractivity contribution is -0.104. The van der Waals surface area contributed by atoms with E-state index in [0.29, 0.717) is 12.9 Å². The summed E-state index contributed by atoms with van der Waals surface area (Å²) in [4.78, 5) is 20.1. The van der Waals surface area contributed by atoms with E-state index in [4.69, 9.17) is 0 Å². The molecular weight excluding hydrogens is 134 g/mol. The number of rotatable bonds is 3. The smallest absolute Gasteiger partial charge is 0.411 e. The maximum absolute atomic E-state index is 10.4. The zero-order valence-electron chi connectivity index (χ0n) is 5.66. The maximum atomic E-state index is 10.4. The Morgan fingerprint density at radius 2 is 2.40 bits per heavy atom. The number of ether oxygens (including phenoxy) is 1. The molecule has 1 N–H and O–H groups in total. The number of hydrogen-bond donors (Lipinski definition) is 1. The molecule has 0 bridgehead atoms. The quantitative estimate of drug-likeness (QED) is 0.461. The van der Waals surface area contributed by atoms with Crippen molar-refractivity contribution in [1.29, 1.82) is 0 Å². The van der Waals surface area contributed by atoms with Crippen molar-refractivity contribution >= 4 is 12.4 Å². The van der Waals surface area contributed by atoms with Gasteiger partial charge in [-0.2, -0.15) is 0 Å². The SMILES string of the molecule is CCOC(=O)N/C=C/C=O. The van der Waals surface area contributed by atoms with Gasteiger partial charge in [0.25, 0.3) is 0 Å². The lowest BCUT2D eigenvalue weighted by atomic mass is 10.7. The summed E-state index contributed by atoms with van der Waals surface area (Å²) < 4.78 is 4.47. The van der Waals surface area contributed by atoms with Crippen LogP contribution in [-0.2, 0) is 9.53 Å². The molecule has 0 saturated carbocycles. The van der Waals surface area contributed by atoms with E-state index in [-0.39, 0.29) is 0 Å². The van der Waals surface area contributed by atoms with Crippen LogP contribution in [0.25, 0.3) is 0 Å². The zero-order chi connectivity index (χ0) is 7.82. The van der Waals surface area contributed by atoms with Crippen LogP contribution in [0.5, 0.6) is 0 Å². The van der Waals surface area contributed by atoms with Crippen molar-refractivity contribution in [3.63, 3.8) is 0 Å². The first kappa shape index (κ1) is 8.68. The standard InChI is InChI=1S/C6H9NO3/c1-2-10-6(9)7-4-3-5-8/h3-5H,2H2,1H3,(H,7,9)/b4-3+. The Bertz CT molecular complexity index is 142. The summed E-state index contributed by atoms with van der Waals surface area (Å²) >= 11 is 0. The molecular formula is C6H9NO3. The lowest BCUT2D eigenvalue weighted by Gasteiger charge is -1.97. The number of allylic oxidation sites excluding steroid dienone is 1. The van der Waals surface area contributed by atoms with Crippen molar-refractivity contribution in [2.24, 2.45) is 0 Å². The highest BCUT2D eigenvalue weighted by Gasteiger charge is 1.92. The Balaban J connectivity index is 3.38. The fraction of sp³-hybridized carbons (Fsp3) is 0.333. The summed E-state index contributed by atoms with van der Waals surface area (Å²) in [6.07, 6.45) is 2.38. The van der Waals surface area contributed by atoms with E-state index >= 15 is 0 Å². The molecule has 0 unspecified atom stereocenters. The highest BCUT2D eigenvalue weighted by molar-refractivity contribution is 5.71. The zero-order valence-corrected chi connectivity index (χ0v) is 5.66. The fourth-order valence-corrected chi connectivity index (χ4v) is 0.328. The minimum Gasteiger partial charge on any atom is -0.450 e. The summed E-state index contributed by atoms with van der Waals surface area (Å²) in [7, 11) is 0. The minimum atomic E-state index is -0.555. The van der Waals surface area contributed by atoms with Crippen molar-refractivity contribution in [3.05, 3.63) is 12.3 Å². The molecule has 0 saturated heterocycles. The second kappa shape index (κ2) is 5.81. The highest BCUT2D eigenvalue weighted by Crippen LogP contribution is 1.74. The normalized spacial score (nSPS) is 9.30. The van der Waals surface area contributed by atoms with Gasteiger partial charge in [0.05, 0.1) is 6.61 Å². The van der Waals surface area contributed by atoms with Crippen LogP contribution >= 0.6 is 0 Å². The molecule has 10 heavy (non-hydrogen) atoms. The predicted octanol–water partition coefficient (Wildman–Crippen LogP) is 0.445. The third kappa shape index (κ3) is 4.83. The number of nitrogens with one attached hydrogen (secondary N) is 1. The molecule has 0 aliphatic rings.